The third kappa shape index (κ3) is 4.65. The van der Waals surface area contributed by atoms with Crippen molar-refractivity contribution >= 4 is 29.4 Å². The molecule has 4 unspecified atom stereocenters. The molecule has 4 heterocycles. The molecule has 4 aliphatic heterocycles. The molecule has 9 heteroatoms. The number of urea groups is 1. The van der Waals surface area contributed by atoms with Crippen LogP contribution in [0, 0.1) is 12.8 Å². The number of aryl methyl sites for hydroxylation is 1. The fraction of sp³-hybridized carbons (Fsp3) is 0.379. The van der Waals surface area contributed by atoms with E-state index in [4.69, 9.17) is 4.74 Å². The highest BCUT2D eigenvalue weighted by Crippen LogP contribution is 2.47. The zero-order valence-corrected chi connectivity index (χ0v) is 22.3. The first-order valence-corrected chi connectivity index (χ1v) is 14.2. The number of nitrogens with zero attached hydrogens (tertiary/aromatic N) is 2. The van der Waals surface area contributed by atoms with Crippen LogP contribution in [-0.4, -0.2) is 53.9 Å². The van der Waals surface area contributed by atoms with Crippen molar-refractivity contribution in [3.8, 4) is 11.5 Å². The molecule has 3 fully saturated rings. The zero-order chi connectivity index (χ0) is 26.2. The molecule has 3 saturated heterocycles. The number of amides is 3. The predicted molar refractivity (Wildman–Crippen MR) is 150 cm³/mol. The summed E-state index contributed by atoms with van der Waals surface area (Å²) in [6.45, 7) is 7.91. The summed E-state index contributed by atoms with van der Waals surface area (Å²) in [5.74, 6) is 1.66. The summed E-state index contributed by atoms with van der Waals surface area (Å²) in [6, 6.07) is 15.7. The Balaban J connectivity index is 1.23. The molecule has 4 atom stereocenters. The van der Waals surface area contributed by atoms with Crippen LogP contribution in [0.5, 0.6) is 11.5 Å². The van der Waals surface area contributed by atoms with Crippen molar-refractivity contribution in [1.82, 2.24) is 20.9 Å². The Kier molecular flexibility index (Phi) is 6.80. The summed E-state index contributed by atoms with van der Waals surface area (Å²) in [5, 5.41) is 11.8. The van der Waals surface area contributed by atoms with E-state index in [0.717, 1.165) is 65.8 Å². The standard InChI is InChI=1S/C29H33N5O3S/c1-3-24(35)33-15-7-8-19(17-33)31-28-26-25-23(13-14-30-27(25)38-28)34(29(36)32-26)22-12-11-21(16-18(22)2)37-20-9-5-4-6-10-20/h3-6,9-12,16,19,23,25,27,30-31H,1,7-8,13-15,17H2,2H3,(H,32,36). The first-order valence-electron chi connectivity index (χ1n) is 13.3. The summed E-state index contributed by atoms with van der Waals surface area (Å²) >= 11 is 1.76. The Morgan fingerprint density at radius 3 is 2.82 bits per heavy atom. The summed E-state index contributed by atoms with van der Waals surface area (Å²) in [6.07, 6.45) is 4.19. The summed E-state index contributed by atoms with van der Waals surface area (Å²) in [7, 11) is 0. The van der Waals surface area contributed by atoms with Crippen molar-refractivity contribution in [2.24, 2.45) is 5.92 Å². The van der Waals surface area contributed by atoms with Gasteiger partial charge in [0.1, 0.15) is 11.5 Å². The lowest BCUT2D eigenvalue weighted by atomic mass is 9.86. The molecule has 0 aliphatic carbocycles. The van der Waals surface area contributed by atoms with Gasteiger partial charge < -0.3 is 25.6 Å². The van der Waals surface area contributed by atoms with Crippen LogP contribution in [0.3, 0.4) is 0 Å². The normalized spacial score (nSPS) is 26.5. The quantitative estimate of drug-likeness (QED) is 0.482. The highest BCUT2D eigenvalue weighted by Gasteiger charge is 2.51. The highest BCUT2D eigenvalue weighted by atomic mass is 32.2. The van der Waals surface area contributed by atoms with Crippen LogP contribution in [0.4, 0.5) is 10.5 Å². The average molecular weight is 532 g/mol. The number of thioether (sulfide) groups is 1. The fourth-order valence-corrected chi connectivity index (χ4v) is 7.50. The van der Waals surface area contributed by atoms with Crippen molar-refractivity contribution in [2.75, 3.05) is 24.5 Å². The molecular weight excluding hydrogens is 498 g/mol. The van der Waals surface area contributed by atoms with Gasteiger partial charge in [-0.1, -0.05) is 36.5 Å². The number of carbonyl (C=O) groups is 2. The predicted octanol–water partition coefficient (Wildman–Crippen LogP) is 4.30. The van der Waals surface area contributed by atoms with E-state index in [2.05, 4.69) is 22.5 Å². The molecule has 0 aromatic heterocycles. The molecule has 2 aromatic rings. The van der Waals surface area contributed by atoms with Crippen LogP contribution in [0.1, 0.15) is 24.8 Å². The van der Waals surface area contributed by atoms with Gasteiger partial charge in [0.2, 0.25) is 5.91 Å². The third-order valence-corrected chi connectivity index (χ3v) is 9.08. The number of benzene rings is 2. The van der Waals surface area contributed by atoms with Crippen LogP contribution in [-0.2, 0) is 4.79 Å². The van der Waals surface area contributed by atoms with Crippen molar-refractivity contribution < 1.29 is 14.3 Å². The Morgan fingerprint density at radius 1 is 1.18 bits per heavy atom. The van der Waals surface area contributed by atoms with E-state index in [0.29, 0.717) is 6.54 Å². The topological polar surface area (TPSA) is 85.9 Å². The maximum Gasteiger partial charge on any atom is 0.326 e. The molecule has 4 aliphatic rings. The summed E-state index contributed by atoms with van der Waals surface area (Å²) < 4.78 is 6.02. The second kappa shape index (κ2) is 10.4. The number of carbonyl (C=O) groups excluding carboxylic acids is 2. The Bertz CT molecular complexity index is 1280. The van der Waals surface area contributed by atoms with Crippen LogP contribution in [0.15, 0.2) is 71.9 Å². The molecule has 8 nitrogen and oxygen atoms in total. The highest BCUT2D eigenvalue weighted by molar-refractivity contribution is 8.03. The lowest BCUT2D eigenvalue weighted by Gasteiger charge is -2.46. The smallest absolute Gasteiger partial charge is 0.326 e. The Morgan fingerprint density at radius 2 is 2.03 bits per heavy atom. The maximum absolute atomic E-state index is 13.6. The fourth-order valence-electron chi connectivity index (χ4n) is 6.03. The number of hydrogen-bond donors (Lipinski definition) is 3. The Labute approximate surface area is 227 Å². The number of ether oxygens (including phenoxy) is 1. The van der Waals surface area contributed by atoms with Gasteiger partial charge in [-0.2, -0.15) is 0 Å². The molecule has 0 saturated carbocycles. The van der Waals surface area contributed by atoms with Crippen LogP contribution < -0.4 is 25.6 Å². The van der Waals surface area contributed by atoms with Gasteiger partial charge in [-0.15, -0.1) is 0 Å². The van der Waals surface area contributed by atoms with Gasteiger partial charge in [-0.25, -0.2) is 4.79 Å². The minimum atomic E-state index is -0.101. The van der Waals surface area contributed by atoms with E-state index in [1.54, 1.807) is 11.8 Å². The van der Waals surface area contributed by atoms with Gasteiger partial charge >= 0.3 is 6.03 Å². The van der Waals surface area contributed by atoms with E-state index in [1.165, 1.54) is 6.08 Å². The Hall–Kier alpha value is -3.43. The van der Waals surface area contributed by atoms with Crippen molar-refractivity contribution in [3.63, 3.8) is 0 Å². The minimum absolute atomic E-state index is 0.0270. The first-order chi connectivity index (χ1) is 18.5. The SMILES string of the molecule is C=CC(=O)N1CCCC(NC2=C3NC(=O)N(c4ccc(Oc5ccccc5)cc4C)C4CCNC(S2)C34)C1. The number of rotatable bonds is 6. The van der Waals surface area contributed by atoms with E-state index in [1.807, 2.05) is 65.3 Å². The number of nitrogens with one attached hydrogen (secondary N) is 3. The molecule has 3 N–H and O–H groups in total. The molecular formula is C29H33N5O3S. The van der Waals surface area contributed by atoms with Gasteiger partial charge in [0.15, 0.2) is 0 Å². The number of likely N-dealkylation sites (tertiary alicyclic amines) is 1. The van der Waals surface area contributed by atoms with Crippen molar-refractivity contribution in [1.29, 1.82) is 0 Å². The molecule has 0 bridgehead atoms. The second-order valence-electron chi connectivity index (χ2n) is 10.3. The lowest BCUT2D eigenvalue weighted by molar-refractivity contribution is -0.127. The second-order valence-corrected chi connectivity index (χ2v) is 11.4. The van der Waals surface area contributed by atoms with Crippen LogP contribution >= 0.6 is 11.8 Å². The van der Waals surface area contributed by atoms with E-state index >= 15 is 0 Å². The van der Waals surface area contributed by atoms with Gasteiger partial charge in [-0.3, -0.25) is 9.69 Å². The number of piperidine rings is 2. The number of para-hydroxylation sites is 1. The van der Waals surface area contributed by atoms with Gasteiger partial charge in [0, 0.05) is 30.7 Å². The summed E-state index contributed by atoms with van der Waals surface area (Å²) in [5.41, 5.74) is 2.88. The van der Waals surface area contributed by atoms with Crippen LogP contribution in [0.2, 0.25) is 0 Å². The largest absolute Gasteiger partial charge is 0.457 e. The molecule has 0 radical (unpaired) electrons. The van der Waals surface area contributed by atoms with E-state index < -0.39 is 0 Å². The molecule has 0 spiro atoms. The maximum atomic E-state index is 13.6. The molecule has 198 valence electrons. The molecule has 38 heavy (non-hydrogen) atoms. The van der Waals surface area contributed by atoms with Gasteiger partial charge in [0.05, 0.1) is 22.1 Å². The molecule has 6 rings (SSSR count). The molecule has 3 amide bonds. The van der Waals surface area contributed by atoms with Gasteiger partial charge in [0.25, 0.3) is 0 Å². The average Bonchev–Trinajstić information content (AvgIpc) is 3.27. The number of hydrogen-bond acceptors (Lipinski definition) is 6. The summed E-state index contributed by atoms with van der Waals surface area (Å²) in [4.78, 5) is 29.6. The molecule has 2 aromatic carbocycles. The third-order valence-electron chi connectivity index (χ3n) is 7.79. The number of anilines is 1. The van der Waals surface area contributed by atoms with E-state index in [-0.39, 0.29) is 35.3 Å². The van der Waals surface area contributed by atoms with Crippen molar-refractivity contribution in [3.05, 3.63) is 77.5 Å². The first kappa shape index (κ1) is 24.9. The lowest BCUT2D eigenvalue weighted by Crippen LogP contribution is -2.62. The monoisotopic (exact) mass is 531 g/mol. The van der Waals surface area contributed by atoms with E-state index in [9.17, 15) is 9.59 Å². The zero-order valence-electron chi connectivity index (χ0n) is 21.5. The van der Waals surface area contributed by atoms with Crippen LogP contribution in [0.25, 0.3) is 0 Å². The minimum Gasteiger partial charge on any atom is -0.457 e. The van der Waals surface area contributed by atoms with Crippen molar-refractivity contribution in [2.45, 2.75) is 43.6 Å². The van der Waals surface area contributed by atoms with Gasteiger partial charge in [-0.05, 0) is 74.7 Å².